The topological polar surface area (TPSA) is 82.6 Å². The summed E-state index contributed by atoms with van der Waals surface area (Å²) in [5.41, 5.74) is 1.05. The molecule has 0 saturated heterocycles. The van der Waals surface area contributed by atoms with Gasteiger partial charge < -0.3 is 9.72 Å². The Labute approximate surface area is 114 Å². The number of nitrogens with one attached hydrogen (secondary N) is 2. The summed E-state index contributed by atoms with van der Waals surface area (Å²) in [5.74, 6) is 0.733. The Bertz CT molecular complexity index is 716. The van der Waals surface area contributed by atoms with Crippen molar-refractivity contribution in [1.82, 2.24) is 9.97 Å². The van der Waals surface area contributed by atoms with Crippen LogP contribution in [0.5, 0.6) is 5.75 Å². The molecular weight excluding hydrogens is 264 g/mol. The van der Waals surface area contributed by atoms with Crippen LogP contribution in [0.25, 0.3) is 0 Å². The third kappa shape index (κ3) is 3.14. The highest BCUT2D eigenvalue weighted by atomic mass is 32.1. The molecule has 1 aromatic heterocycles. The van der Waals surface area contributed by atoms with Crippen molar-refractivity contribution in [1.29, 1.82) is 0 Å². The molecule has 19 heavy (non-hydrogen) atoms. The molecule has 0 saturated carbocycles. The largest absolute Gasteiger partial charge is 0.497 e. The summed E-state index contributed by atoms with van der Waals surface area (Å²) in [4.78, 5) is 17.0. The first-order valence-electron chi connectivity index (χ1n) is 5.49. The van der Waals surface area contributed by atoms with E-state index in [1.165, 1.54) is 0 Å². The quantitative estimate of drug-likeness (QED) is 0.667. The number of rotatable bonds is 3. The van der Waals surface area contributed by atoms with Gasteiger partial charge in [-0.2, -0.15) is 5.11 Å². The first-order valence-corrected chi connectivity index (χ1v) is 5.90. The van der Waals surface area contributed by atoms with Gasteiger partial charge in [-0.05, 0) is 43.4 Å². The predicted molar refractivity (Wildman–Crippen MR) is 74.2 cm³/mol. The number of methoxy groups -OCH3 is 1. The molecule has 2 rings (SSSR count). The third-order valence-electron chi connectivity index (χ3n) is 2.44. The van der Waals surface area contributed by atoms with Crippen molar-refractivity contribution in [3.05, 3.63) is 45.1 Å². The van der Waals surface area contributed by atoms with E-state index in [1.807, 2.05) is 0 Å². The molecule has 0 aliphatic heterocycles. The minimum atomic E-state index is -0.362. The van der Waals surface area contributed by atoms with E-state index in [4.69, 9.17) is 17.0 Å². The Morgan fingerprint density at radius 3 is 2.42 bits per heavy atom. The van der Waals surface area contributed by atoms with Crippen molar-refractivity contribution in [2.24, 2.45) is 10.2 Å². The van der Waals surface area contributed by atoms with E-state index < -0.39 is 0 Å². The van der Waals surface area contributed by atoms with Gasteiger partial charge in [-0.25, -0.2) is 0 Å². The lowest BCUT2D eigenvalue weighted by Crippen LogP contribution is -2.08. The van der Waals surface area contributed by atoms with Crippen molar-refractivity contribution < 1.29 is 4.74 Å². The Hall–Kier alpha value is -2.28. The van der Waals surface area contributed by atoms with Gasteiger partial charge in [0.25, 0.3) is 5.56 Å². The van der Waals surface area contributed by atoms with Gasteiger partial charge in [-0.3, -0.25) is 9.78 Å². The smallest absolute Gasteiger partial charge is 0.279 e. The van der Waals surface area contributed by atoms with E-state index in [-0.39, 0.29) is 16.0 Å². The standard InChI is InChI=1S/C12H12N4O2S/c1-7-10(11(17)14-12(19)13-7)16-15-8-3-5-9(18-2)6-4-8/h3-6H,1-2H3,(H2,13,14,17,19). The summed E-state index contributed by atoms with van der Waals surface area (Å²) >= 11 is 4.85. The second kappa shape index (κ2) is 5.57. The normalized spacial score (nSPS) is 10.8. The van der Waals surface area contributed by atoms with Crippen LogP contribution < -0.4 is 10.3 Å². The molecule has 98 valence electrons. The Kier molecular flexibility index (Phi) is 3.86. The maximum atomic E-state index is 11.7. The number of H-pyrrole nitrogens is 2. The highest BCUT2D eigenvalue weighted by Crippen LogP contribution is 2.20. The van der Waals surface area contributed by atoms with Gasteiger partial charge in [0, 0.05) is 5.69 Å². The summed E-state index contributed by atoms with van der Waals surface area (Å²) in [6.07, 6.45) is 0. The molecule has 0 atom stereocenters. The van der Waals surface area contributed by atoms with Crippen LogP contribution in [0, 0.1) is 11.7 Å². The molecule has 0 aliphatic carbocycles. The summed E-state index contributed by atoms with van der Waals surface area (Å²) in [6, 6.07) is 7.03. The van der Waals surface area contributed by atoms with Crippen LogP contribution in [0.2, 0.25) is 0 Å². The van der Waals surface area contributed by atoms with Crippen LogP contribution in [0.15, 0.2) is 39.3 Å². The molecule has 1 heterocycles. The van der Waals surface area contributed by atoms with Gasteiger partial charge in [0.05, 0.1) is 12.8 Å². The molecular formula is C12H12N4O2S. The van der Waals surface area contributed by atoms with E-state index >= 15 is 0 Å². The molecule has 0 fully saturated rings. The lowest BCUT2D eigenvalue weighted by molar-refractivity contribution is 0.415. The molecule has 1 aromatic carbocycles. The van der Waals surface area contributed by atoms with Crippen LogP contribution in [0.1, 0.15) is 5.69 Å². The molecule has 0 bridgehead atoms. The van der Waals surface area contributed by atoms with Gasteiger partial charge in [0.1, 0.15) is 5.75 Å². The molecule has 0 unspecified atom stereocenters. The van der Waals surface area contributed by atoms with E-state index in [0.717, 1.165) is 5.75 Å². The number of aryl methyl sites for hydroxylation is 1. The number of ether oxygens (including phenoxy) is 1. The van der Waals surface area contributed by atoms with Crippen LogP contribution in [0.4, 0.5) is 11.4 Å². The van der Waals surface area contributed by atoms with Crippen LogP contribution in [-0.2, 0) is 0 Å². The highest BCUT2D eigenvalue weighted by Gasteiger charge is 2.03. The third-order valence-corrected chi connectivity index (χ3v) is 2.64. The monoisotopic (exact) mass is 276 g/mol. The molecule has 6 nitrogen and oxygen atoms in total. The number of hydrogen-bond acceptors (Lipinski definition) is 5. The maximum absolute atomic E-state index is 11.7. The summed E-state index contributed by atoms with van der Waals surface area (Å²) < 4.78 is 5.31. The lowest BCUT2D eigenvalue weighted by atomic mass is 10.3. The number of azo groups is 1. The predicted octanol–water partition coefficient (Wildman–Crippen LogP) is 3.16. The second-order valence-corrected chi connectivity index (χ2v) is 4.19. The molecule has 0 amide bonds. The summed E-state index contributed by atoms with van der Waals surface area (Å²) in [5, 5.41) is 7.93. The van der Waals surface area contributed by atoms with Crippen molar-refractivity contribution in [3.63, 3.8) is 0 Å². The first kappa shape index (κ1) is 13.2. The number of aromatic amines is 2. The lowest BCUT2D eigenvalue weighted by Gasteiger charge is -1.99. The average Bonchev–Trinajstić information content (AvgIpc) is 2.38. The van der Waals surface area contributed by atoms with Crippen LogP contribution in [0.3, 0.4) is 0 Å². The van der Waals surface area contributed by atoms with E-state index in [0.29, 0.717) is 11.4 Å². The maximum Gasteiger partial charge on any atom is 0.279 e. The summed E-state index contributed by atoms with van der Waals surface area (Å²) in [7, 11) is 1.59. The molecule has 0 spiro atoms. The Balaban J connectivity index is 2.32. The van der Waals surface area contributed by atoms with Gasteiger partial charge in [0.2, 0.25) is 0 Å². The average molecular weight is 276 g/mol. The summed E-state index contributed by atoms with van der Waals surface area (Å²) in [6.45, 7) is 1.72. The van der Waals surface area contributed by atoms with Gasteiger partial charge in [-0.1, -0.05) is 0 Å². The Morgan fingerprint density at radius 2 is 1.84 bits per heavy atom. The van der Waals surface area contributed by atoms with Crippen molar-refractivity contribution in [2.45, 2.75) is 6.92 Å². The fraction of sp³-hybridized carbons (Fsp3) is 0.167. The van der Waals surface area contributed by atoms with Gasteiger partial charge >= 0.3 is 0 Å². The van der Waals surface area contributed by atoms with E-state index in [1.54, 1.807) is 38.3 Å². The number of aromatic nitrogens is 2. The van der Waals surface area contributed by atoms with Gasteiger partial charge in [0.15, 0.2) is 10.5 Å². The highest BCUT2D eigenvalue weighted by molar-refractivity contribution is 7.71. The number of benzene rings is 1. The fourth-order valence-corrected chi connectivity index (χ4v) is 1.72. The van der Waals surface area contributed by atoms with Crippen molar-refractivity contribution >= 4 is 23.6 Å². The molecule has 2 N–H and O–H groups in total. The zero-order valence-electron chi connectivity index (χ0n) is 10.4. The van der Waals surface area contributed by atoms with Gasteiger partial charge in [-0.15, -0.1) is 5.11 Å². The first-order chi connectivity index (χ1) is 9.10. The number of hydrogen-bond donors (Lipinski definition) is 2. The molecule has 0 aliphatic rings. The molecule has 2 aromatic rings. The number of nitrogens with zero attached hydrogens (tertiary/aromatic N) is 2. The zero-order valence-corrected chi connectivity index (χ0v) is 11.2. The van der Waals surface area contributed by atoms with Crippen molar-refractivity contribution in [3.8, 4) is 5.75 Å². The SMILES string of the molecule is COc1ccc(N=Nc2c(C)[nH]c(=S)[nH]c2=O)cc1. The van der Waals surface area contributed by atoms with E-state index in [2.05, 4.69) is 20.2 Å². The minimum absolute atomic E-state index is 0.212. The minimum Gasteiger partial charge on any atom is -0.497 e. The van der Waals surface area contributed by atoms with Crippen LogP contribution in [-0.4, -0.2) is 17.1 Å². The second-order valence-electron chi connectivity index (χ2n) is 3.78. The molecule has 7 heteroatoms. The molecule has 0 radical (unpaired) electrons. The van der Waals surface area contributed by atoms with Crippen LogP contribution >= 0.6 is 12.2 Å². The zero-order chi connectivity index (χ0) is 13.8. The Morgan fingerprint density at radius 1 is 1.16 bits per heavy atom. The van der Waals surface area contributed by atoms with E-state index in [9.17, 15) is 4.79 Å². The fourth-order valence-electron chi connectivity index (χ4n) is 1.47. The van der Waals surface area contributed by atoms with Crippen molar-refractivity contribution in [2.75, 3.05) is 7.11 Å².